The third-order valence-electron chi connectivity index (χ3n) is 10.7. The number of pyridine rings is 1. The molecule has 0 spiro atoms. The molecule has 3 saturated carbocycles. The average molecular weight is 584 g/mol. The summed E-state index contributed by atoms with van der Waals surface area (Å²) in [5, 5.41) is 16.4. The van der Waals surface area contributed by atoms with Gasteiger partial charge in [-0.05, 0) is 85.5 Å². The fraction of sp³-hybridized carbons (Fsp3) is 0.613. The van der Waals surface area contributed by atoms with E-state index < -0.39 is 23.1 Å². The van der Waals surface area contributed by atoms with Gasteiger partial charge in [-0.3, -0.25) is 9.59 Å². The van der Waals surface area contributed by atoms with Crippen LogP contribution in [0.3, 0.4) is 0 Å². The molecule has 2 aromatic heterocycles. The van der Waals surface area contributed by atoms with Crippen molar-refractivity contribution in [2.75, 3.05) is 13.0 Å². The molecule has 0 aliphatic heterocycles. The Bertz CT molecular complexity index is 1390. The van der Waals surface area contributed by atoms with Crippen molar-refractivity contribution in [1.82, 2.24) is 14.8 Å². The molecule has 0 radical (unpaired) electrons. The number of aromatic nitrogens is 3. The predicted molar refractivity (Wildman–Crippen MR) is 152 cm³/mol. The number of aliphatic hydroxyl groups excluding tert-OH is 1. The number of fused-ring (bicyclic) bond motifs is 6. The molecule has 0 aromatic carbocycles. The van der Waals surface area contributed by atoms with E-state index in [0.717, 1.165) is 48.7 Å². The van der Waals surface area contributed by atoms with E-state index in [1.54, 1.807) is 20.1 Å². The summed E-state index contributed by atoms with van der Waals surface area (Å²) < 4.78 is 26.6. The first kappa shape index (κ1) is 28.6. The third-order valence-corrected chi connectivity index (χ3v) is 11.7. The third kappa shape index (κ3) is 4.23. The van der Waals surface area contributed by atoms with Crippen molar-refractivity contribution >= 4 is 28.9 Å². The SMILES string of the molecule is CCC(=O)O[C@]1(C(=O)SCOC)CC[C@H]2[C@@H]3CCC4=Cc5c(cnn5-c5ccc(F)nc5)C[C@]4(C)[C@H]3[C@@H](O)C[C@@]21C. The van der Waals surface area contributed by atoms with E-state index >= 15 is 0 Å². The first-order chi connectivity index (χ1) is 19.6. The molecule has 1 N–H and O–H groups in total. The fourth-order valence-corrected chi connectivity index (χ4v) is 9.75. The molecule has 0 bridgehead atoms. The summed E-state index contributed by atoms with van der Waals surface area (Å²) in [5.74, 6) is -0.397. The van der Waals surface area contributed by atoms with Gasteiger partial charge in [-0.25, -0.2) is 9.67 Å². The first-order valence-electron chi connectivity index (χ1n) is 14.5. The van der Waals surface area contributed by atoms with Crippen LogP contribution in [-0.2, 0) is 25.5 Å². The van der Waals surface area contributed by atoms with E-state index in [2.05, 4.69) is 30.0 Å². The van der Waals surface area contributed by atoms with Crippen molar-refractivity contribution in [2.45, 2.75) is 77.4 Å². The van der Waals surface area contributed by atoms with Crippen molar-refractivity contribution < 1.29 is 28.6 Å². The second-order valence-corrected chi connectivity index (χ2v) is 13.5. The van der Waals surface area contributed by atoms with Gasteiger partial charge in [-0.2, -0.15) is 9.49 Å². The molecule has 41 heavy (non-hydrogen) atoms. The summed E-state index contributed by atoms with van der Waals surface area (Å²) in [6, 6.07) is 3.01. The zero-order valence-electron chi connectivity index (χ0n) is 24.1. The number of halogens is 1. The fourth-order valence-electron chi connectivity index (χ4n) is 8.91. The maximum absolute atomic E-state index is 13.8. The Morgan fingerprint density at radius 1 is 1.24 bits per heavy atom. The van der Waals surface area contributed by atoms with Crippen LogP contribution in [0, 0.1) is 34.5 Å². The number of esters is 1. The van der Waals surface area contributed by atoms with Gasteiger partial charge in [-0.1, -0.05) is 38.1 Å². The molecule has 2 heterocycles. The minimum Gasteiger partial charge on any atom is -0.449 e. The largest absolute Gasteiger partial charge is 0.449 e. The summed E-state index contributed by atoms with van der Waals surface area (Å²) in [6.07, 6.45) is 9.23. The van der Waals surface area contributed by atoms with Crippen LogP contribution in [0.15, 0.2) is 30.1 Å². The summed E-state index contributed by atoms with van der Waals surface area (Å²) in [4.78, 5) is 30.2. The lowest BCUT2D eigenvalue weighted by molar-refractivity contribution is -0.196. The number of rotatable bonds is 6. The highest BCUT2D eigenvalue weighted by molar-refractivity contribution is 8.13. The van der Waals surface area contributed by atoms with E-state index in [1.807, 2.05) is 10.9 Å². The number of carbonyl (C=O) groups is 2. The number of carbonyl (C=O) groups excluding carboxylic acids is 2. The van der Waals surface area contributed by atoms with Gasteiger partial charge < -0.3 is 14.6 Å². The van der Waals surface area contributed by atoms with Crippen LogP contribution in [0.4, 0.5) is 4.39 Å². The number of allylic oxidation sites excluding steroid dienone is 1. The molecule has 0 unspecified atom stereocenters. The van der Waals surface area contributed by atoms with Gasteiger partial charge >= 0.3 is 5.97 Å². The number of nitrogens with zero attached hydrogens (tertiary/aromatic N) is 3. The average Bonchev–Trinajstić information content (AvgIpc) is 3.48. The first-order valence-corrected chi connectivity index (χ1v) is 15.5. The van der Waals surface area contributed by atoms with Crippen LogP contribution in [0.5, 0.6) is 0 Å². The van der Waals surface area contributed by atoms with E-state index in [9.17, 15) is 19.1 Å². The second-order valence-electron chi connectivity index (χ2n) is 12.6. The minimum absolute atomic E-state index is 0.00368. The Kier molecular flexibility index (Phi) is 7.18. The van der Waals surface area contributed by atoms with Crippen LogP contribution < -0.4 is 0 Å². The number of methoxy groups -OCH3 is 1. The van der Waals surface area contributed by atoms with Gasteiger partial charge in [0.25, 0.3) is 0 Å². The van der Waals surface area contributed by atoms with E-state index in [1.165, 1.54) is 17.8 Å². The number of hydrogen-bond donors (Lipinski definition) is 1. The maximum atomic E-state index is 13.8. The Morgan fingerprint density at radius 2 is 2.05 bits per heavy atom. The van der Waals surface area contributed by atoms with E-state index in [-0.39, 0.29) is 46.6 Å². The second kappa shape index (κ2) is 10.3. The Labute approximate surface area is 244 Å². The van der Waals surface area contributed by atoms with Gasteiger partial charge in [0.15, 0.2) is 5.60 Å². The number of hydrogen-bond acceptors (Lipinski definition) is 8. The molecule has 4 aliphatic carbocycles. The highest BCUT2D eigenvalue weighted by Gasteiger charge is 2.70. The summed E-state index contributed by atoms with van der Waals surface area (Å²) in [6.45, 7) is 6.07. The van der Waals surface area contributed by atoms with Crippen LogP contribution in [-0.4, -0.2) is 55.7 Å². The van der Waals surface area contributed by atoms with Crippen LogP contribution in [0.25, 0.3) is 11.8 Å². The molecule has 4 aliphatic rings. The molecule has 0 saturated heterocycles. The number of aliphatic hydroxyl groups is 1. The number of thioether (sulfide) groups is 1. The zero-order valence-corrected chi connectivity index (χ0v) is 24.9. The van der Waals surface area contributed by atoms with Crippen molar-refractivity contribution in [2.24, 2.45) is 28.6 Å². The Hall–Kier alpha value is -2.56. The lowest BCUT2D eigenvalue weighted by atomic mass is 9.45. The van der Waals surface area contributed by atoms with Crippen molar-refractivity contribution in [1.29, 1.82) is 0 Å². The minimum atomic E-state index is -1.28. The Morgan fingerprint density at radius 3 is 2.76 bits per heavy atom. The Balaban J connectivity index is 1.34. The van der Waals surface area contributed by atoms with Crippen LogP contribution >= 0.6 is 11.8 Å². The summed E-state index contributed by atoms with van der Waals surface area (Å²) >= 11 is 1.06. The molecule has 7 atom stereocenters. The molecule has 6 rings (SSSR count). The quantitative estimate of drug-likeness (QED) is 0.284. The van der Waals surface area contributed by atoms with Crippen LogP contribution in [0.1, 0.15) is 70.6 Å². The molecule has 8 nitrogen and oxygen atoms in total. The van der Waals surface area contributed by atoms with Crippen molar-refractivity contribution in [3.63, 3.8) is 0 Å². The normalized spacial score (nSPS) is 35.5. The predicted octanol–water partition coefficient (Wildman–Crippen LogP) is 5.12. The molecule has 0 amide bonds. The van der Waals surface area contributed by atoms with Gasteiger partial charge in [-0.15, -0.1) is 0 Å². The van der Waals surface area contributed by atoms with Gasteiger partial charge in [0.05, 0.1) is 35.8 Å². The van der Waals surface area contributed by atoms with Crippen molar-refractivity contribution in [3.05, 3.63) is 47.3 Å². The molecular weight excluding hydrogens is 545 g/mol. The summed E-state index contributed by atoms with van der Waals surface area (Å²) in [5.41, 5.74) is 1.84. The molecule has 2 aromatic rings. The lowest BCUT2D eigenvalue weighted by Crippen LogP contribution is -2.62. The summed E-state index contributed by atoms with van der Waals surface area (Å²) in [7, 11) is 1.54. The highest BCUT2D eigenvalue weighted by Crippen LogP contribution is 2.68. The smallest absolute Gasteiger partial charge is 0.306 e. The highest BCUT2D eigenvalue weighted by atomic mass is 32.2. The maximum Gasteiger partial charge on any atom is 0.306 e. The van der Waals surface area contributed by atoms with E-state index in [0.29, 0.717) is 18.5 Å². The van der Waals surface area contributed by atoms with Crippen LogP contribution in [0.2, 0.25) is 0 Å². The number of ether oxygens (including phenoxy) is 2. The molecule has 10 heteroatoms. The molecular formula is C31H38FN3O5S. The topological polar surface area (TPSA) is 104 Å². The lowest BCUT2D eigenvalue weighted by Gasteiger charge is -2.60. The van der Waals surface area contributed by atoms with Gasteiger partial charge in [0, 0.05) is 18.9 Å². The molecule has 220 valence electrons. The molecule has 3 fully saturated rings. The zero-order chi connectivity index (χ0) is 29.2. The van der Waals surface area contributed by atoms with E-state index in [4.69, 9.17) is 9.47 Å². The standard InChI is InChI=1S/C31H38FN3O5S/c1-5-26(37)40-31(28(38)41-17-39-4)11-10-22-21-8-6-19-12-23-18(15-34-35(23)20-7-9-25(32)33-16-20)13-29(19,2)27(21)24(36)14-30(22,31)3/h7,9,12,15-16,21-22,24,27,36H,5-6,8,10-11,13-14,17H2,1-4H3/t21-,22-,24-,27+,29-,30-,31-/m0/s1. The van der Waals surface area contributed by atoms with Crippen molar-refractivity contribution in [3.8, 4) is 5.69 Å². The van der Waals surface area contributed by atoms with Gasteiger partial charge in [0.2, 0.25) is 11.1 Å². The van der Waals surface area contributed by atoms with Gasteiger partial charge in [0.1, 0.15) is 0 Å². The monoisotopic (exact) mass is 583 g/mol.